The van der Waals surface area contributed by atoms with Crippen molar-refractivity contribution in [3.05, 3.63) is 63.6 Å². The van der Waals surface area contributed by atoms with Crippen LogP contribution < -0.4 is 5.32 Å². The van der Waals surface area contributed by atoms with Crippen LogP contribution in [0, 0.1) is 0 Å². The molecule has 1 aliphatic heterocycles. The maximum Gasteiger partial charge on any atom is 0.0741 e. The molecule has 1 N–H and O–H groups in total. The third-order valence-corrected chi connectivity index (χ3v) is 3.50. The predicted octanol–water partition coefficient (Wildman–Crippen LogP) is 4.26. The summed E-state index contributed by atoms with van der Waals surface area (Å²) in [6.45, 7) is 1.55. The van der Waals surface area contributed by atoms with E-state index in [-0.39, 0.29) is 0 Å². The number of rotatable bonds is 1. The third-order valence-electron chi connectivity index (χ3n) is 3.03. The van der Waals surface area contributed by atoms with Crippen molar-refractivity contribution in [1.29, 1.82) is 0 Å². The van der Waals surface area contributed by atoms with Gasteiger partial charge in [0.05, 0.1) is 12.3 Å². The molecule has 2 aromatic carbocycles. The highest BCUT2D eigenvalue weighted by atomic mass is 35.5. The van der Waals surface area contributed by atoms with Crippen molar-refractivity contribution in [2.75, 3.05) is 18.4 Å². The van der Waals surface area contributed by atoms with Gasteiger partial charge in [-0.2, -0.15) is 0 Å². The number of benzene rings is 2. The second-order valence-corrected chi connectivity index (χ2v) is 5.23. The lowest BCUT2D eigenvalue weighted by Crippen LogP contribution is -2.05. The number of hydrogen-bond acceptors (Lipinski definition) is 2. The standard InChI is InChI=1S/C15H12Cl2N2/c16-11-3-1-2-10(8-11)15-13-9-12(17)4-5-14(13)18-6-7-19-15/h1-5,8-9,18H,6-7H2. The van der Waals surface area contributed by atoms with Crippen molar-refractivity contribution in [1.82, 2.24) is 0 Å². The zero-order valence-electron chi connectivity index (χ0n) is 10.2. The van der Waals surface area contributed by atoms with Crippen LogP contribution in [0.2, 0.25) is 10.0 Å². The number of hydrogen-bond donors (Lipinski definition) is 1. The number of anilines is 1. The summed E-state index contributed by atoms with van der Waals surface area (Å²) in [6.07, 6.45) is 0. The average molecular weight is 291 g/mol. The second kappa shape index (κ2) is 5.24. The molecule has 0 saturated carbocycles. The minimum atomic E-state index is 0.706. The van der Waals surface area contributed by atoms with Gasteiger partial charge in [-0.3, -0.25) is 4.99 Å². The molecule has 3 rings (SSSR count). The Bertz CT molecular complexity index is 650. The lowest BCUT2D eigenvalue weighted by atomic mass is 10.0. The molecule has 0 radical (unpaired) electrons. The van der Waals surface area contributed by atoms with Crippen LogP contribution in [0.1, 0.15) is 11.1 Å². The van der Waals surface area contributed by atoms with Gasteiger partial charge >= 0.3 is 0 Å². The molecule has 0 aliphatic carbocycles. The summed E-state index contributed by atoms with van der Waals surface area (Å²) in [5.74, 6) is 0. The Morgan fingerprint density at radius 2 is 1.84 bits per heavy atom. The van der Waals surface area contributed by atoms with E-state index in [9.17, 15) is 0 Å². The molecule has 0 fully saturated rings. The zero-order chi connectivity index (χ0) is 13.2. The number of aliphatic imine (C=N–C) groups is 1. The highest BCUT2D eigenvalue weighted by Crippen LogP contribution is 2.26. The Labute approximate surface area is 122 Å². The van der Waals surface area contributed by atoms with Crippen LogP contribution in [0.15, 0.2) is 47.5 Å². The molecule has 96 valence electrons. The van der Waals surface area contributed by atoms with Crippen molar-refractivity contribution in [2.45, 2.75) is 0 Å². The highest BCUT2D eigenvalue weighted by Gasteiger charge is 2.15. The van der Waals surface area contributed by atoms with Crippen LogP contribution in [0.4, 0.5) is 5.69 Å². The van der Waals surface area contributed by atoms with E-state index in [0.717, 1.165) is 35.6 Å². The van der Waals surface area contributed by atoms with Crippen molar-refractivity contribution in [3.8, 4) is 0 Å². The first-order valence-electron chi connectivity index (χ1n) is 6.08. The molecule has 0 spiro atoms. The molecule has 19 heavy (non-hydrogen) atoms. The summed E-state index contributed by atoms with van der Waals surface area (Å²) >= 11 is 12.2. The quantitative estimate of drug-likeness (QED) is 0.834. The number of nitrogens with one attached hydrogen (secondary N) is 1. The topological polar surface area (TPSA) is 24.4 Å². The van der Waals surface area contributed by atoms with Gasteiger partial charge in [-0.05, 0) is 30.3 Å². The van der Waals surface area contributed by atoms with Crippen molar-refractivity contribution in [3.63, 3.8) is 0 Å². The molecule has 4 heteroatoms. The Balaban J connectivity index is 2.16. The summed E-state index contributed by atoms with van der Waals surface area (Å²) in [5, 5.41) is 4.78. The average Bonchev–Trinajstić information content (AvgIpc) is 2.60. The Kier molecular flexibility index (Phi) is 3.45. The van der Waals surface area contributed by atoms with Gasteiger partial charge < -0.3 is 5.32 Å². The van der Waals surface area contributed by atoms with Crippen LogP contribution in [-0.4, -0.2) is 18.8 Å². The van der Waals surface area contributed by atoms with Crippen molar-refractivity contribution >= 4 is 34.6 Å². The van der Waals surface area contributed by atoms with E-state index >= 15 is 0 Å². The minimum Gasteiger partial charge on any atom is -0.383 e. The van der Waals surface area contributed by atoms with Gasteiger partial charge in [-0.15, -0.1) is 0 Å². The summed E-state index contributed by atoms with van der Waals surface area (Å²) < 4.78 is 0. The first-order valence-corrected chi connectivity index (χ1v) is 6.84. The summed E-state index contributed by atoms with van der Waals surface area (Å²) in [5.41, 5.74) is 4.03. The Morgan fingerprint density at radius 3 is 2.68 bits per heavy atom. The lowest BCUT2D eigenvalue weighted by Gasteiger charge is -2.11. The number of fused-ring (bicyclic) bond motifs is 1. The van der Waals surface area contributed by atoms with Crippen LogP contribution in [0.5, 0.6) is 0 Å². The molecule has 0 aromatic heterocycles. The van der Waals surface area contributed by atoms with Crippen LogP contribution in [-0.2, 0) is 0 Å². The number of halogens is 2. The van der Waals surface area contributed by atoms with Gasteiger partial charge in [0.25, 0.3) is 0 Å². The van der Waals surface area contributed by atoms with Gasteiger partial charge in [-0.1, -0.05) is 35.3 Å². The molecule has 0 amide bonds. The van der Waals surface area contributed by atoms with E-state index in [1.165, 1.54) is 0 Å². The smallest absolute Gasteiger partial charge is 0.0741 e. The van der Waals surface area contributed by atoms with Gasteiger partial charge in [0.15, 0.2) is 0 Å². The molecular formula is C15H12Cl2N2. The highest BCUT2D eigenvalue weighted by molar-refractivity contribution is 6.32. The summed E-state index contributed by atoms with van der Waals surface area (Å²) in [4.78, 5) is 4.65. The Hall–Kier alpha value is -1.51. The van der Waals surface area contributed by atoms with E-state index in [4.69, 9.17) is 23.2 Å². The first kappa shape index (κ1) is 12.5. The van der Waals surface area contributed by atoms with Crippen molar-refractivity contribution in [2.24, 2.45) is 4.99 Å². The third kappa shape index (κ3) is 2.60. The van der Waals surface area contributed by atoms with Crippen LogP contribution >= 0.6 is 23.2 Å². The molecular weight excluding hydrogens is 279 g/mol. The molecule has 0 saturated heterocycles. The zero-order valence-corrected chi connectivity index (χ0v) is 11.7. The summed E-state index contributed by atoms with van der Waals surface area (Å²) in [6, 6.07) is 13.5. The normalized spacial score (nSPS) is 14.1. The maximum absolute atomic E-state index is 6.11. The fraction of sp³-hybridized carbons (Fsp3) is 0.133. The summed E-state index contributed by atoms with van der Waals surface area (Å²) in [7, 11) is 0. The molecule has 2 nitrogen and oxygen atoms in total. The molecule has 1 heterocycles. The molecule has 2 aromatic rings. The maximum atomic E-state index is 6.11. The van der Waals surface area contributed by atoms with E-state index in [1.807, 2.05) is 42.5 Å². The SMILES string of the molecule is Clc1cccc(C2=NCCNc3ccc(Cl)cc32)c1. The largest absolute Gasteiger partial charge is 0.383 e. The number of nitrogens with zero attached hydrogens (tertiary/aromatic N) is 1. The fourth-order valence-electron chi connectivity index (χ4n) is 2.19. The van der Waals surface area contributed by atoms with Gasteiger partial charge in [0.1, 0.15) is 0 Å². The van der Waals surface area contributed by atoms with E-state index in [1.54, 1.807) is 0 Å². The lowest BCUT2D eigenvalue weighted by molar-refractivity contribution is 1.04. The minimum absolute atomic E-state index is 0.706. The van der Waals surface area contributed by atoms with E-state index < -0.39 is 0 Å². The van der Waals surface area contributed by atoms with Gasteiger partial charge in [0, 0.05) is 33.4 Å². The van der Waals surface area contributed by atoms with Gasteiger partial charge in [-0.25, -0.2) is 0 Å². The second-order valence-electron chi connectivity index (χ2n) is 4.36. The van der Waals surface area contributed by atoms with Crippen LogP contribution in [0.3, 0.4) is 0 Å². The predicted molar refractivity (Wildman–Crippen MR) is 81.9 cm³/mol. The van der Waals surface area contributed by atoms with E-state index in [0.29, 0.717) is 10.0 Å². The fourth-order valence-corrected chi connectivity index (χ4v) is 2.55. The monoisotopic (exact) mass is 290 g/mol. The van der Waals surface area contributed by atoms with Crippen LogP contribution in [0.25, 0.3) is 0 Å². The molecule has 0 atom stereocenters. The molecule has 0 bridgehead atoms. The van der Waals surface area contributed by atoms with Gasteiger partial charge in [0.2, 0.25) is 0 Å². The molecule has 0 unspecified atom stereocenters. The molecule has 1 aliphatic rings. The first-order chi connectivity index (χ1) is 9.24. The van der Waals surface area contributed by atoms with E-state index in [2.05, 4.69) is 10.3 Å². The number of benzodiazepines with no additional fused rings is 1. The van der Waals surface area contributed by atoms with Crippen molar-refractivity contribution < 1.29 is 0 Å². The Morgan fingerprint density at radius 1 is 1.00 bits per heavy atom.